The van der Waals surface area contributed by atoms with Gasteiger partial charge in [0.05, 0.1) is 12.5 Å². The molecule has 0 radical (unpaired) electrons. The maximum absolute atomic E-state index is 12.6. The predicted octanol–water partition coefficient (Wildman–Crippen LogP) is 0.736. The molecule has 1 aliphatic rings. The molecule has 1 saturated heterocycles. The van der Waals surface area contributed by atoms with Gasteiger partial charge >= 0.3 is 5.97 Å². The van der Waals surface area contributed by atoms with Crippen molar-refractivity contribution in [1.82, 2.24) is 15.2 Å². The first kappa shape index (κ1) is 19.4. The Labute approximate surface area is 151 Å². The van der Waals surface area contributed by atoms with E-state index in [1.165, 1.54) is 0 Å². The number of carbonyl (C=O) groups excluding carboxylic acids is 2. The van der Waals surface area contributed by atoms with Gasteiger partial charge in [0.2, 0.25) is 11.8 Å². The van der Waals surface area contributed by atoms with Gasteiger partial charge in [-0.2, -0.15) is 5.26 Å². The number of aliphatic carboxylic acids is 1. The van der Waals surface area contributed by atoms with Crippen LogP contribution in [0.1, 0.15) is 31.2 Å². The van der Waals surface area contributed by atoms with E-state index >= 15 is 0 Å². The van der Waals surface area contributed by atoms with Crippen LogP contribution in [-0.4, -0.2) is 51.9 Å². The molecule has 0 bridgehead atoms. The van der Waals surface area contributed by atoms with Gasteiger partial charge in [0, 0.05) is 37.8 Å². The zero-order valence-corrected chi connectivity index (χ0v) is 14.4. The molecular formula is C18H22N4O4. The smallest absolute Gasteiger partial charge is 0.306 e. The first-order valence-corrected chi connectivity index (χ1v) is 8.58. The van der Waals surface area contributed by atoms with Crippen LogP contribution in [0.2, 0.25) is 0 Å². The minimum atomic E-state index is -1.16. The molecule has 0 spiro atoms. The highest BCUT2D eigenvalue weighted by molar-refractivity contribution is 5.86. The van der Waals surface area contributed by atoms with E-state index in [9.17, 15) is 14.4 Å². The lowest BCUT2D eigenvalue weighted by Gasteiger charge is -2.32. The molecule has 2 heterocycles. The van der Waals surface area contributed by atoms with Crippen LogP contribution < -0.4 is 5.32 Å². The summed E-state index contributed by atoms with van der Waals surface area (Å²) in [5, 5.41) is 20.0. The molecule has 0 saturated carbocycles. The second-order valence-corrected chi connectivity index (χ2v) is 6.32. The Morgan fingerprint density at radius 2 is 2.15 bits per heavy atom. The van der Waals surface area contributed by atoms with Crippen LogP contribution in [0.15, 0.2) is 24.5 Å². The first-order chi connectivity index (χ1) is 12.5. The Morgan fingerprint density at radius 3 is 2.81 bits per heavy atom. The number of amides is 2. The quantitative estimate of drug-likeness (QED) is 0.706. The molecule has 26 heavy (non-hydrogen) atoms. The Morgan fingerprint density at radius 1 is 1.42 bits per heavy atom. The standard InChI is InChI=1S/C18H22N4O4/c19-12-15(11-17(24)25)21-16(23)10-14-2-1-8-22(18(14)26)9-5-13-3-6-20-7-4-13/h3-4,6-7,14-15H,1-2,5,8-11H2,(H,21,23)(H,24,25). The number of pyridine rings is 1. The van der Waals surface area contributed by atoms with E-state index < -0.39 is 30.3 Å². The third-order valence-corrected chi connectivity index (χ3v) is 4.36. The minimum absolute atomic E-state index is 0.0254. The third-order valence-electron chi connectivity index (χ3n) is 4.36. The summed E-state index contributed by atoms with van der Waals surface area (Å²) in [6, 6.07) is 4.48. The Kier molecular flexibility index (Phi) is 7.09. The molecule has 8 heteroatoms. The number of carbonyl (C=O) groups is 3. The van der Waals surface area contributed by atoms with E-state index in [2.05, 4.69) is 10.3 Å². The van der Waals surface area contributed by atoms with Gasteiger partial charge in [-0.15, -0.1) is 0 Å². The summed E-state index contributed by atoms with van der Waals surface area (Å²) >= 11 is 0. The van der Waals surface area contributed by atoms with E-state index in [1.54, 1.807) is 23.4 Å². The Bertz CT molecular complexity index is 686. The lowest BCUT2D eigenvalue weighted by molar-refractivity contribution is -0.141. The predicted molar refractivity (Wildman–Crippen MR) is 91.7 cm³/mol. The molecule has 1 aromatic rings. The molecule has 2 amide bonds. The van der Waals surface area contributed by atoms with E-state index in [-0.39, 0.29) is 12.3 Å². The van der Waals surface area contributed by atoms with Gasteiger partial charge in [0.1, 0.15) is 6.04 Å². The van der Waals surface area contributed by atoms with Gasteiger partial charge in [0.15, 0.2) is 0 Å². The minimum Gasteiger partial charge on any atom is -0.481 e. The summed E-state index contributed by atoms with van der Waals surface area (Å²) in [5.74, 6) is -2.11. The largest absolute Gasteiger partial charge is 0.481 e. The molecule has 138 valence electrons. The zero-order chi connectivity index (χ0) is 18.9. The SMILES string of the molecule is N#CC(CC(=O)O)NC(=O)CC1CCCN(CCc2ccncc2)C1=O. The number of rotatable bonds is 8. The van der Waals surface area contributed by atoms with Crippen molar-refractivity contribution in [3.05, 3.63) is 30.1 Å². The van der Waals surface area contributed by atoms with Crippen LogP contribution in [0, 0.1) is 17.2 Å². The van der Waals surface area contributed by atoms with Crippen LogP contribution in [-0.2, 0) is 20.8 Å². The molecule has 2 N–H and O–H groups in total. The zero-order valence-electron chi connectivity index (χ0n) is 14.4. The highest BCUT2D eigenvalue weighted by atomic mass is 16.4. The fourth-order valence-corrected chi connectivity index (χ4v) is 3.03. The normalized spacial score (nSPS) is 18.0. The number of aromatic nitrogens is 1. The molecule has 2 unspecified atom stereocenters. The number of nitrogens with one attached hydrogen (secondary N) is 1. The van der Waals surface area contributed by atoms with Gasteiger partial charge in [-0.25, -0.2) is 0 Å². The number of nitrogens with zero attached hydrogens (tertiary/aromatic N) is 3. The van der Waals surface area contributed by atoms with Crippen molar-refractivity contribution in [3.63, 3.8) is 0 Å². The first-order valence-electron chi connectivity index (χ1n) is 8.58. The van der Waals surface area contributed by atoms with Crippen molar-refractivity contribution < 1.29 is 19.5 Å². The van der Waals surface area contributed by atoms with E-state index in [4.69, 9.17) is 10.4 Å². The van der Waals surface area contributed by atoms with Crippen molar-refractivity contribution in [2.75, 3.05) is 13.1 Å². The fraction of sp³-hybridized carbons (Fsp3) is 0.500. The van der Waals surface area contributed by atoms with Gasteiger partial charge in [-0.3, -0.25) is 19.4 Å². The van der Waals surface area contributed by atoms with Crippen LogP contribution in [0.4, 0.5) is 0 Å². The third kappa shape index (κ3) is 5.84. The summed E-state index contributed by atoms with van der Waals surface area (Å²) in [6.07, 6.45) is 5.10. The summed E-state index contributed by atoms with van der Waals surface area (Å²) in [5.41, 5.74) is 1.10. The lowest BCUT2D eigenvalue weighted by atomic mass is 9.93. The highest BCUT2D eigenvalue weighted by Crippen LogP contribution is 2.21. The number of hydrogen-bond donors (Lipinski definition) is 2. The van der Waals surface area contributed by atoms with Gasteiger partial charge in [-0.1, -0.05) is 0 Å². The van der Waals surface area contributed by atoms with Crippen LogP contribution >= 0.6 is 0 Å². The summed E-state index contributed by atoms with van der Waals surface area (Å²) < 4.78 is 0. The average Bonchev–Trinajstić information content (AvgIpc) is 2.62. The second kappa shape index (κ2) is 9.51. The average molecular weight is 358 g/mol. The molecule has 1 fully saturated rings. The molecule has 2 rings (SSSR count). The summed E-state index contributed by atoms with van der Waals surface area (Å²) in [6.45, 7) is 1.25. The number of carboxylic acids is 1. The molecule has 8 nitrogen and oxygen atoms in total. The maximum Gasteiger partial charge on any atom is 0.306 e. The van der Waals surface area contributed by atoms with E-state index in [0.29, 0.717) is 19.5 Å². The number of carboxylic acid groups (broad SMARTS) is 1. The molecular weight excluding hydrogens is 336 g/mol. The van der Waals surface area contributed by atoms with E-state index in [0.717, 1.165) is 18.4 Å². The van der Waals surface area contributed by atoms with Gasteiger partial charge in [-0.05, 0) is 37.0 Å². The van der Waals surface area contributed by atoms with Crippen molar-refractivity contribution >= 4 is 17.8 Å². The molecule has 1 aromatic heterocycles. The lowest BCUT2D eigenvalue weighted by Crippen LogP contribution is -2.44. The fourth-order valence-electron chi connectivity index (χ4n) is 3.03. The van der Waals surface area contributed by atoms with Gasteiger partial charge < -0.3 is 15.3 Å². The van der Waals surface area contributed by atoms with Crippen molar-refractivity contribution in [3.8, 4) is 6.07 Å². The topological polar surface area (TPSA) is 123 Å². The molecule has 0 aromatic carbocycles. The molecule has 2 atom stereocenters. The summed E-state index contributed by atoms with van der Waals surface area (Å²) in [4.78, 5) is 41.0. The number of piperidine rings is 1. The number of hydrogen-bond acceptors (Lipinski definition) is 5. The monoisotopic (exact) mass is 358 g/mol. The highest BCUT2D eigenvalue weighted by Gasteiger charge is 2.30. The molecule has 0 aliphatic carbocycles. The van der Waals surface area contributed by atoms with Crippen molar-refractivity contribution in [2.45, 2.75) is 38.1 Å². The maximum atomic E-state index is 12.6. The van der Waals surface area contributed by atoms with Gasteiger partial charge in [0.25, 0.3) is 0 Å². The number of nitriles is 1. The molecule has 1 aliphatic heterocycles. The van der Waals surface area contributed by atoms with Crippen molar-refractivity contribution in [1.29, 1.82) is 5.26 Å². The van der Waals surface area contributed by atoms with Crippen LogP contribution in [0.3, 0.4) is 0 Å². The van der Waals surface area contributed by atoms with Crippen molar-refractivity contribution in [2.24, 2.45) is 5.92 Å². The summed E-state index contributed by atoms with van der Waals surface area (Å²) in [7, 11) is 0. The van der Waals surface area contributed by atoms with Crippen LogP contribution in [0.25, 0.3) is 0 Å². The Balaban J connectivity index is 1.85. The second-order valence-electron chi connectivity index (χ2n) is 6.32. The van der Waals surface area contributed by atoms with E-state index in [1.807, 2.05) is 12.1 Å². The van der Waals surface area contributed by atoms with Crippen LogP contribution in [0.5, 0.6) is 0 Å². The number of likely N-dealkylation sites (tertiary alicyclic amines) is 1. The Hall–Kier alpha value is -2.95.